The monoisotopic (exact) mass is 394 g/mol. The molecule has 7 heteroatoms. The summed E-state index contributed by atoms with van der Waals surface area (Å²) in [6.07, 6.45) is 2.88. The second-order valence-electron chi connectivity index (χ2n) is 7.18. The van der Waals surface area contributed by atoms with E-state index in [9.17, 15) is 18.0 Å². The molecule has 0 radical (unpaired) electrons. The van der Waals surface area contributed by atoms with Crippen LogP contribution in [-0.4, -0.2) is 55.5 Å². The third kappa shape index (κ3) is 4.76. The Morgan fingerprint density at radius 1 is 1.19 bits per heavy atom. The number of hydrogen-bond acceptors (Lipinski definition) is 4. The molecule has 150 valence electrons. The van der Waals surface area contributed by atoms with Crippen molar-refractivity contribution in [3.63, 3.8) is 0 Å². The second kappa shape index (κ2) is 8.97. The maximum Gasteiger partial charge on any atom is 0.243 e. The molecule has 1 amide bonds. The molecule has 1 aliphatic rings. The van der Waals surface area contributed by atoms with E-state index in [4.69, 9.17) is 0 Å². The molecule has 0 saturated carbocycles. The summed E-state index contributed by atoms with van der Waals surface area (Å²) in [6.45, 7) is 6.20. The second-order valence-corrected chi connectivity index (χ2v) is 9.12. The molecule has 6 nitrogen and oxygen atoms in total. The highest BCUT2D eigenvalue weighted by Gasteiger charge is 2.34. The lowest BCUT2D eigenvalue weighted by molar-refractivity contribution is -0.137. The number of hydrogen-bond donors (Lipinski definition) is 0. The summed E-state index contributed by atoms with van der Waals surface area (Å²) in [5.41, 5.74) is 0.382. The van der Waals surface area contributed by atoms with Gasteiger partial charge in [-0.25, -0.2) is 8.42 Å². The Bertz CT molecular complexity index is 779. The maximum atomic E-state index is 12.9. The van der Waals surface area contributed by atoms with E-state index < -0.39 is 10.0 Å². The van der Waals surface area contributed by atoms with Crippen molar-refractivity contribution >= 4 is 21.7 Å². The SMILES string of the molecule is CCC(CC)N(C)C(=O)C1CCN(S(=O)(=O)c2cccc(C(C)=O)c2)CC1. The van der Waals surface area contributed by atoms with Gasteiger partial charge < -0.3 is 4.90 Å². The van der Waals surface area contributed by atoms with Crippen LogP contribution in [0.5, 0.6) is 0 Å². The van der Waals surface area contributed by atoms with E-state index in [1.807, 2.05) is 11.9 Å². The number of piperidine rings is 1. The summed E-state index contributed by atoms with van der Waals surface area (Å²) in [4.78, 5) is 26.2. The van der Waals surface area contributed by atoms with E-state index in [-0.39, 0.29) is 28.5 Å². The Labute approximate surface area is 162 Å². The van der Waals surface area contributed by atoms with Gasteiger partial charge in [-0.3, -0.25) is 9.59 Å². The Morgan fingerprint density at radius 2 is 1.78 bits per heavy atom. The number of benzene rings is 1. The first-order valence-corrected chi connectivity index (χ1v) is 11.0. The largest absolute Gasteiger partial charge is 0.343 e. The zero-order valence-corrected chi connectivity index (χ0v) is 17.5. The molecule has 0 aromatic heterocycles. The molecule has 0 aliphatic carbocycles. The lowest BCUT2D eigenvalue weighted by atomic mass is 9.95. The molecule has 0 unspecified atom stereocenters. The highest BCUT2D eigenvalue weighted by molar-refractivity contribution is 7.89. The van der Waals surface area contributed by atoms with Crippen LogP contribution < -0.4 is 0 Å². The van der Waals surface area contributed by atoms with Crippen LogP contribution >= 0.6 is 0 Å². The average molecular weight is 395 g/mol. The molecule has 1 fully saturated rings. The van der Waals surface area contributed by atoms with E-state index >= 15 is 0 Å². The molecule has 1 aliphatic heterocycles. The summed E-state index contributed by atoms with van der Waals surface area (Å²) in [7, 11) is -1.81. The molecule has 1 aromatic carbocycles. The normalized spacial score (nSPS) is 16.5. The number of carbonyl (C=O) groups excluding carboxylic acids is 2. The van der Waals surface area contributed by atoms with Gasteiger partial charge in [0.25, 0.3) is 0 Å². The highest BCUT2D eigenvalue weighted by Crippen LogP contribution is 2.26. The summed E-state index contributed by atoms with van der Waals surface area (Å²) in [6, 6.07) is 6.37. The topological polar surface area (TPSA) is 74.8 Å². The van der Waals surface area contributed by atoms with Gasteiger partial charge in [0.1, 0.15) is 0 Å². The van der Waals surface area contributed by atoms with Crippen molar-refractivity contribution in [3.05, 3.63) is 29.8 Å². The van der Waals surface area contributed by atoms with E-state index in [0.717, 1.165) is 12.8 Å². The molecule has 0 atom stereocenters. The van der Waals surface area contributed by atoms with E-state index in [2.05, 4.69) is 13.8 Å². The van der Waals surface area contributed by atoms with Crippen LogP contribution in [0.25, 0.3) is 0 Å². The number of amides is 1. The van der Waals surface area contributed by atoms with Crippen molar-refractivity contribution in [1.29, 1.82) is 0 Å². The Hall–Kier alpha value is -1.73. The van der Waals surface area contributed by atoms with Crippen molar-refractivity contribution in [2.24, 2.45) is 5.92 Å². The molecule has 1 heterocycles. The number of Topliss-reactive ketones (excluding diaryl/α,β-unsaturated/α-hetero) is 1. The van der Waals surface area contributed by atoms with Crippen LogP contribution in [0, 0.1) is 5.92 Å². The summed E-state index contributed by atoms with van der Waals surface area (Å²) in [5.74, 6) is -0.189. The van der Waals surface area contributed by atoms with E-state index in [0.29, 0.717) is 31.5 Å². The minimum atomic E-state index is -3.66. The fourth-order valence-corrected chi connectivity index (χ4v) is 5.19. The van der Waals surface area contributed by atoms with Crippen LogP contribution in [-0.2, 0) is 14.8 Å². The van der Waals surface area contributed by atoms with Crippen LogP contribution in [0.15, 0.2) is 29.2 Å². The number of sulfonamides is 1. The first kappa shape index (κ1) is 21.6. The van der Waals surface area contributed by atoms with Crippen LogP contribution in [0.3, 0.4) is 0 Å². The molecular formula is C20H30N2O4S. The standard InChI is InChI=1S/C20H30N2O4S/c1-5-18(6-2)21(4)20(24)16-10-12-22(13-11-16)27(25,26)19-9-7-8-17(14-19)15(3)23/h7-9,14,16,18H,5-6,10-13H2,1-4H3. The number of nitrogens with zero attached hydrogens (tertiary/aromatic N) is 2. The Morgan fingerprint density at radius 3 is 2.30 bits per heavy atom. The summed E-state index contributed by atoms with van der Waals surface area (Å²) in [5, 5.41) is 0. The summed E-state index contributed by atoms with van der Waals surface area (Å²) < 4.78 is 27.2. The van der Waals surface area contributed by atoms with Crippen molar-refractivity contribution in [2.75, 3.05) is 20.1 Å². The number of ketones is 1. The number of rotatable bonds is 7. The molecule has 1 aromatic rings. The quantitative estimate of drug-likeness (QED) is 0.667. The Balaban J connectivity index is 2.07. The van der Waals surface area contributed by atoms with Gasteiger partial charge in [0, 0.05) is 37.7 Å². The van der Waals surface area contributed by atoms with Crippen LogP contribution in [0.2, 0.25) is 0 Å². The van der Waals surface area contributed by atoms with Gasteiger partial charge in [-0.15, -0.1) is 0 Å². The molecule has 1 saturated heterocycles. The molecule has 2 rings (SSSR count). The van der Waals surface area contributed by atoms with Gasteiger partial charge in [-0.1, -0.05) is 26.0 Å². The fraction of sp³-hybridized carbons (Fsp3) is 0.600. The molecule has 27 heavy (non-hydrogen) atoms. The van der Waals surface area contributed by atoms with Gasteiger partial charge in [0.05, 0.1) is 4.90 Å². The van der Waals surface area contributed by atoms with Crippen molar-refractivity contribution < 1.29 is 18.0 Å². The van der Waals surface area contributed by atoms with Gasteiger partial charge in [-0.2, -0.15) is 4.31 Å². The van der Waals surface area contributed by atoms with E-state index in [1.165, 1.54) is 23.4 Å². The van der Waals surface area contributed by atoms with Gasteiger partial charge in [-0.05, 0) is 44.7 Å². The zero-order valence-electron chi connectivity index (χ0n) is 16.6. The van der Waals surface area contributed by atoms with Gasteiger partial charge >= 0.3 is 0 Å². The minimum absolute atomic E-state index is 0.110. The van der Waals surface area contributed by atoms with Crippen molar-refractivity contribution in [1.82, 2.24) is 9.21 Å². The van der Waals surface area contributed by atoms with Crippen LogP contribution in [0.1, 0.15) is 56.8 Å². The van der Waals surface area contributed by atoms with Gasteiger partial charge in [0.2, 0.25) is 15.9 Å². The molecule has 0 spiro atoms. The predicted octanol–water partition coefficient (Wildman–Crippen LogP) is 2.94. The minimum Gasteiger partial charge on any atom is -0.343 e. The predicted molar refractivity (Wildman–Crippen MR) is 105 cm³/mol. The molecule has 0 bridgehead atoms. The highest BCUT2D eigenvalue weighted by atomic mass is 32.2. The maximum absolute atomic E-state index is 12.9. The average Bonchev–Trinajstić information content (AvgIpc) is 2.68. The first-order chi connectivity index (χ1) is 12.7. The first-order valence-electron chi connectivity index (χ1n) is 9.60. The smallest absolute Gasteiger partial charge is 0.243 e. The zero-order chi connectivity index (χ0) is 20.2. The fourth-order valence-electron chi connectivity index (χ4n) is 3.67. The van der Waals surface area contributed by atoms with E-state index in [1.54, 1.807) is 12.1 Å². The molecule has 0 N–H and O–H groups in total. The lowest BCUT2D eigenvalue weighted by Crippen LogP contribution is -2.45. The molecular weight excluding hydrogens is 364 g/mol. The third-order valence-corrected chi connectivity index (χ3v) is 7.41. The van der Waals surface area contributed by atoms with Crippen molar-refractivity contribution in [3.8, 4) is 0 Å². The lowest BCUT2D eigenvalue weighted by Gasteiger charge is -2.35. The summed E-state index contributed by atoms with van der Waals surface area (Å²) >= 11 is 0. The number of carbonyl (C=O) groups is 2. The van der Waals surface area contributed by atoms with Gasteiger partial charge in [0.15, 0.2) is 5.78 Å². The third-order valence-electron chi connectivity index (χ3n) is 5.52. The van der Waals surface area contributed by atoms with Crippen molar-refractivity contribution in [2.45, 2.75) is 57.4 Å². The van der Waals surface area contributed by atoms with Crippen LogP contribution in [0.4, 0.5) is 0 Å². The Kier molecular flexibility index (Phi) is 7.17.